The van der Waals surface area contributed by atoms with Gasteiger partial charge in [-0.3, -0.25) is 4.79 Å². The van der Waals surface area contributed by atoms with E-state index in [1.165, 1.54) is 19.3 Å². The molecule has 2 N–H and O–H groups in total. The summed E-state index contributed by atoms with van der Waals surface area (Å²) in [6.45, 7) is 7.02. The number of anilines is 1. The zero-order chi connectivity index (χ0) is 19.4. The van der Waals surface area contributed by atoms with Crippen LogP contribution in [0.1, 0.15) is 61.9 Å². The van der Waals surface area contributed by atoms with Crippen molar-refractivity contribution in [2.75, 3.05) is 18.4 Å². The van der Waals surface area contributed by atoms with E-state index in [0.717, 1.165) is 24.1 Å². The molecule has 2 aliphatic rings. The van der Waals surface area contributed by atoms with Gasteiger partial charge in [0.2, 0.25) is 0 Å². The highest BCUT2D eigenvalue weighted by Crippen LogP contribution is 2.21. The van der Waals surface area contributed by atoms with Crippen LogP contribution >= 0.6 is 0 Å². The number of nitrogens with one attached hydrogen (secondary N) is 2. The quantitative estimate of drug-likeness (QED) is 0.849. The molecule has 0 bridgehead atoms. The molecule has 3 rings (SSSR count). The second kappa shape index (κ2) is 8.74. The Morgan fingerprint density at radius 3 is 2.37 bits per heavy atom. The summed E-state index contributed by atoms with van der Waals surface area (Å²) in [5.74, 6) is -0.0290. The van der Waals surface area contributed by atoms with Crippen LogP contribution < -0.4 is 10.6 Å². The van der Waals surface area contributed by atoms with Crippen molar-refractivity contribution in [2.45, 2.75) is 71.1 Å². The number of ether oxygens (including phenoxy) is 1. The molecular formula is C21H31N3O3. The molecule has 1 aromatic carbocycles. The summed E-state index contributed by atoms with van der Waals surface area (Å²) in [5.41, 5.74) is 2.26. The van der Waals surface area contributed by atoms with Gasteiger partial charge >= 0.3 is 6.03 Å². The Balaban J connectivity index is 1.60. The second-order valence-corrected chi connectivity index (χ2v) is 7.93. The molecule has 0 spiro atoms. The number of aryl methyl sites for hydroxylation is 1. The molecule has 1 aromatic rings. The highest BCUT2D eigenvalue weighted by Gasteiger charge is 2.26. The SMILES string of the molecule is Cc1cc(C(=O)NC2CCCCC2)ccc1NC(=O)N1C[C@@H](C)O[C@H](C)C1. The molecule has 1 saturated carbocycles. The summed E-state index contributed by atoms with van der Waals surface area (Å²) in [5, 5.41) is 6.10. The first-order chi connectivity index (χ1) is 12.9. The van der Waals surface area contributed by atoms with Gasteiger partial charge in [-0.2, -0.15) is 0 Å². The third-order valence-corrected chi connectivity index (χ3v) is 5.38. The zero-order valence-electron chi connectivity index (χ0n) is 16.6. The normalized spacial score (nSPS) is 23.7. The van der Waals surface area contributed by atoms with Gasteiger partial charge in [-0.05, 0) is 57.4 Å². The molecule has 1 saturated heterocycles. The molecule has 2 atom stereocenters. The zero-order valence-corrected chi connectivity index (χ0v) is 16.6. The molecule has 0 radical (unpaired) electrons. The van der Waals surface area contributed by atoms with Crippen LogP contribution in [-0.4, -0.2) is 48.2 Å². The number of hydrogen-bond donors (Lipinski definition) is 2. The lowest BCUT2D eigenvalue weighted by Gasteiger charge is -2.35. The third kappa shape index (κ3) is 5.22. The van der Waals surface area contributed by atoms with Crippen LogP contribution in [0.15, 0.2) is 18.2 Å². The van der Waals surface area contributed by atoms with Gasteiger partial charge < -0.3 is 20.3 Å². The fourth-order valence-electron chi connectivity index (χ4n) is 4.00. The van der Waals surface area contributed by atoms with Crippen LogP contribution in [0.3, 0.4) is 0 Å². The molecule has 1 aliphatic heterocycles. The molecule has 1 aliphatic carbocycles. The van der Waals surface area contributed by atoms with E-state index in [1.807, 2.05) is 32.9 Å². The van der Waals surface area contributed by atoms with Gasteiger partial charge in [-0.15, -0.1) is 0 Å². The van der Waals surface area contributed by atoms with Crippen molar-refractivity contribution < 1.29 is 14.3 Å². The number of carbonyl (C=O) groups is 2. The first-order valence-electron chi connectivity index (χ1n) is 10.1. The molecular weight excluding hydrogens is 342 g/mol. The highest BCUT2D eigenvalue weighted by molar-refractivity contribution is 5.96. The van der Waals surface area contributed by atoms with Gasteiger partial charge in [0, 0.05) is 30.4 Å². The Labute approximate surface area is 161 Å². The van der Waals surface area contributed by atoms with E-state index in [2.05, 4.69) is 10.6 Å². The number of rotatable bonds is 3. The van der Waals surface area contributed by atoms with Crippen molar-refractivity contribution in [3.8, 4) is 0 Å². The van der Waals surface area contributed by atoms with Crippen LogP contribution in [0, 0.1) is 6.92 Å². The molecule has 6 nitrogen and oxygen atoms in total. The van der Waals surface area contributed by atoms with Crippen molar-refractivity contribution in [1.82, 2.24) is 10.2 Å². The Morgan fingerprint density at radius 1 is 1.07 bits per heavy atom. The standard InChI is InChI=1S/C21H31N3O3/c1-14-11-17(20(25)22-18-7-5-4-6-8-18)9-10-19(14)23-21(26)24-12-15(2)27-16(3)13-24/h9-11,15-16,18H,4-8,12-13H2,1-3H3,(H,22,25)(H,23,26)/t15-,16-/m1/s1. The number of hydrogen-bond acceptors (Lipinski definition) is 3. The topological polar surface area (TPSA) is 70.7 Å². The van der Waals surface area contributed by atoms with Gasteiger partial charge in [0.25, 0.3) is 5.91 Å². The number of nitrogens with zero attached hydrogens (tertiary/aromatic N) is 1. The van der Waals surface area contributed by atoms with Crippen LogP contribution in [0.25, 0.3) is 0 Å². The van der Waals surface area contributed by atoms with E-state index < -0.39 is 0 Å². The molecule has 27 heavy (non-hydrogen) atoms. The van der Waals surface area contributed by atoms with Gasteiger partial charge in [-0.25, -0.2) is 4.79 Å². The summed E-state index contributed by atoms with van der Waals surface area (Å²) in [7, 11) is 0. The van der Waals surface area contributed by atoms with Crippen molar-refractivity contribution in [3.05, 3.63) is 29.3 Å². The van der Waals surface area contributed by atoms with Crippen LogP contribution in [0.5, 0.6) is 0 Å². The maximum absolute atomic E-state index is 12.6. The lowest BCUT2D eigenvalue weighted by Crippen LogP contribution is -2.49. The molecule has 0 unspecified atom stereocenters. The average Bonchev–Trinajstić information content (AvgIpc) is 2.63. The van der Waals surface area contributed by atoms with E-state index in [9.17, 15) is 9.59 Å². The minimum atomic E-state index is -0.125. The van der Waals surface area contributed by atoms with Crippen molar-refractivity contribution >= 4 is 17.6 Å². The molecule has 1 heterocycles. The fraction of sp³-hybridized carbons (Fsp3) is 0.619. The Morgan fingerprint density at radius 2 is 1.74 bits per heavy atom. The van der Waals surface area contributed by atoms with Crippen molar-refractivity contribution in [1.29, 1.82) is 0 Å². The lowest BCUT2D eigenvalue weighted by atomic mass is 9.95. The number of benzene rings is 1. The summed E-state index contributed by atoms with van der Waals surface area (Å²) in [4.78, 5) is 26.8. The van der Waals surface area contributed by atoms with Gasteiger partial charge in [0.15, 0.2) is 0 Å². The molecule has 2 fully saturated rings. The number of amides is 3. The fourth-order valence-corrected chi connectivity index (χ4v) is 4.00. The van der Waals surface area contributed by atoms with Crippen LogP contribution in [-0.2, 0) is 4.74 Å². The number of carbonyl (C=O) groups excluding carboxylic acids is 2. The van der Waals surface area contributed by atoms with Gasteiger partial charge in [0.1, 0.15) is 0 Å². The number of morpholine rings is 1. The minimum absolute atomic E-state index is 0.0290. The summed E-state index contributed by atoms with van der Waals surface area (Å²) in [6, 6.07) is 5.61. The highest BCUT2D eigenvalue weighted by atomic mass is 16.5. The van der Waals surface area contributed by atoms with Crippen LogP contribution in [0.4, 0.5) is 10.5 Å². The van der Waals surface area contributed by atoms with Crippen LogP contribution in [0.2, 0.25) is 0 Å². The smallest absolute Gasteiger partial charge is 0.322 e. The molecule has 3 amide bonds. The monoisotopic (exact) mass is 373 g/mol. The Bertz CT molecular complexity index is 675. The Hall–Kier alpha value is -2.08. The van der Waals surface area contributed by atoms with E-state index in [1.54, 1.807) is 11.0 Å². The molecule has 0 aromatic heterocycles. The first-order valence-corrected chi connectivity index (χ1v) is 10.1. The predicted molar refractivity (Wildman–Crippen MR) is 106 cm³/mol. The molecule has 148 valence electrons. The van der Waals surface area contributed by atoms with E-state index >= 15 is 0 Å². The van der Waals surface area contributed by atoms with Gasteiger partial charge in [-0.1, -0.05) is 19.3 Å². The minimum Gasteiger partial charge on any atom is -0.372 e. The van der Waals surface area contributed by atoms with E-state index in [4.69, 9.17) is 4.74 Å². The first kappa shape index (κ1) is 19.7. The lowest BCUT2D eigenvalue weighted by molar-refractivity contribution is -0.0530. The van der Waals surface area contributed by atoms with E-state index in [-0.39, 0.29) is 30.2 Å². The Kier molecular flexibility index (Phi) is 6.37. The predicted octanol–water partition coefficient (Wildman–Crippen LogP) is 3.70. The number of urea groups is 1. The summed E-state index contributed by atoms with van der Waals surface area (Å²) in [6.07, 6.45) is 5.84. The second-order valence-electron chi connectivity index (χ2n) is 7.93. The van der Waals surface area contributed by atoms with E-state index in [0.29, 0.717) is 18.7 Å². The summed E-state index contributed by atoms with van der Waals surface area (Å²) >= 11 is 0. The van der Waals surface area contributed by atoms with Crippen molar-refractivity contribution in [3.63, 3.8) is 0 Å². The largest absolute Gasteiger partial charge is 0.372 e. The maximum atomic E-state index is 12.6. The average molecular weight is 373 g/mol. The third-order valence-electron chi connectivity index (χ3n) is 5.38. The van der Waals surface area contributed by atoms with Crippen molar-refractivity contribution in [2.24, 2.45) is 0 Å². The summed E-state index contributed by atoms with van der Waals surface area (Å²) < 4.78 is 5.68. The van der Waals surface area contributed by atoms with Gasteiger partial charge in [0.05, 0.1) is 12.2 Å². The molecule has 6 heteroatoms. The maximum Gasteiger partial charge on any atom is 0.322 e.